The predicted molar refractivity (Wildman–Crippen MR) is 123 cm³/mol. The lowest BCUT2D eigenvalue weighted by atomic mass is 9.97. The number of aromatic nitrogens is 1. The van der Waals surface area contributed by atoms with E-state index in [0.717, 1.165) is 19.5 Å². The largest absolute Gasteiger partial charge is 0.362 e. The molecule has 2 heterocycles. The third kappa shape index (κ3) is 4.43. The second kappa shape index (κ2) is 9.04. The molecule has 0 aliphatic heterocycles. The van der Waals surface area contributed by atoms with Crippen LogP contribution in [0.15, 0.2) is 78.3 Å². The minimum absolute atomic E-state index is 0.255. The van der Waals surface area contributed by atoms with E-state index < -0.39 is 0 Å². The summed E-state index contributed by atoms with van der Waals surface area (Å²) < 4.78 is 0. The van der Waals surface area contributed by atoms with Crippen molar-refractivity contribution in [2.75, 3.05) is 13.1 Å². The summed E-state index contributed by atoms with van der Waals surface area (Å²) in [5.74, 6) is 0.255. The molecule has 4 rings (SSSR count). The van der Waals surface area contributed by atoms with Crippen LogP contribution in [0.5, 0.6) is 0 Å². The first-order valence-corrected chi connectivity index (χ1v) is 10.7. The molecule has 4 aromatic rings. The molecule has 2 aromatic carbocycles. The Morgan fingerprint density at radius 2 is 1.79 bits per heavy atom. The van der Waals surface area contributed by atoms with Gasteiger partial charge in [0.25, 0.3) is 0 Å². The van der Waals surface area contributed by atoms with Crippen molar-refractivity contribution >= 4 is 39.6 Å². The summed E-state index contributed by atoms with van der Waals surface area (Å²) in [5.41, 5.74) is 3.79. The Morgan fingerprint density at radius 1 is 0.964 bits per heavy atom. The van der Waals surface area contributed by atoms with Gasteiger partial charge in [-0.3, -0.25) is 0 Å². The van der Waals surface area contributed by atoms with Crippen LogP contribution in [-0.4, -0.2) is 23.2 Å². The van der Waals surface area contributed by atoms with Gasteiger partial charge in [0.1, 0.15) is 0 Å². The van der Waals surface area contributed by atoms with Crippen LogP contribution in [0.2, 0.25) is 0 Å². The second-order valence-corrected chi connectivity index (χ2v) is 8.12. The van der Waals surface area contributed by atoms with E-state index in [-0.39, 0.29) is 5.92 Å². The van der Waals surface area contributed by atoms with Crippen molar-refractivity contribution < 1.29 is 0 Å². The van der Waals surface area contributed by atoms with Crippen LogP contribution in [0, 0.1) is 0 Å². The molecule has 0 aliphatic carbocycles. The van der Waals surface area contributed by atoms with E-state index in [1.165, 1.54) is 26.9 Å². The van der Waals surface area contributed by atoms with Crippen LogP contribution in [0.25, 0.3) is 10.9 Å². The summed E-state index contributed by atoms with van der Waals surface area (Å²) >= 11 is 7.30. The molecule has 1 atom stereocenters. The summed E-state index contributed by atoms with van der Waals surface area (Å²) in [7, 11) is 0. The van der Waals surface area contributed by atoms with Gasteiger partial charge in [0.15, 0.2) is 5.11 Å². The maximum absolute atomic E-state index is 5.52. The Balaban J connectivity index is 1.40. The maximum atomic E-state index is 5.52. The Morgan fingerprint density at radius 3 is 2.61 bits per heavy atom. The van der Waals surface area contributed by atoms with E-state index in [1.54, 1.807) is 11.3 Å². The van der Waals surface area contributed by atoms with Gasteiger partial charge in [-0.1, -0.05) is 54.6 Å². The average molecular weight is 406 g/mol. The van der Waals surface area contributed by atoms with Crippen molar-refractivity contribution in [1.29, 1.82) is 0 Å². The Bertz CT molecular complexity index is 1020. The molecule has 0 spiro atoms. The van der Waals surface area contributed by atoms with Crippen molar-refractivity contribution in [2.24, 2.45) is 0 Å². The average Bonchev–Trinajstić information content (AvgIpc) is 3.40. The van der Waals surface area contributed by atoms with Crippen LogP contribution < -0.4 is 10.6 Å². The highest BCUT2D eigenvalue weighted by Gasteiger charge is 2.19. The summed E-state index contributed by atoms with van der Waals surface area (Å²) in [5, 5.41) is 10.9. The minimum atomic E-state index is 0.255. The number of benzene rings is 2. The van der Waals surface area contributed by atoms with Crippen molar-refractivity contribution in [3.63, 3.8) is 0 Å². The quantitative estimate of drug-likeness (QED) is 0.376. The number of thiophene rings is 1. The minimum Gasteiger partial charge on any atom is -0.362 e. The number of hydrogen-bond acceptors (Lipinski definition) is 2. The molecule has 0 fully saturated rings. The molecule has 0 saturated heterocycles. The normalized spacial score (nSPS) is 12.0. The number of nitrogens with one attached hydrogen (secondary N) is 3. The van der Waals surface area contributed by atoms with E-state index in [1.807, 2.05) is 6.07 Å². The summed E-state index contributed by atoms with van der Waals surface area (Å²) in [6, 6.07) is 23.2. The van der Waals surface area contributed by atoms with Crippen LogP contribution in [0.1, 0.15) is 21.9 Å². The molecular weight excluding hydrogens is 382 g/mol. The number of H-pyrrole nitrogens is 1. The predicted octanol–water partition coefficient (Wildman–Crippen LogP) is 5.07. The standard InChI is InChI=1S/C23H23N3S2/c27-23(24-13-12-17-7-2-1-3-8-17)26-16-20(22-11-6-14-28-22)19-15-25-21-10-5-4-9-18(19)21/h1-11,14-15,20,25H,12-13,16H2,(H2,24,26,27). The fraction of sp³-hybridized carbons (Fsp3) is 0.174. The number of thiocarbonyl (C=S) groups is 1. The van der Waals surface area contributed by atoms with Gasteiger partial charge < -0.3 is 15.6 Å². The fourth-order valence-corrected chi connectivity index (χ4v) is 4.49. The van der Waals surface area contributed by atoms with Crippen molar-refractivity contribution in [2.45, 2.75) is 12.3 Å². The van der Waals surface area contributed by atoms with Crippen molar-refractivity contribution in [3.05, 3.63) is 94.3 Å². The molecule has 3 nitrogen and oxygen atoms in total. The van der Waals surface area contributed by atoms with Gasteiger partial charge in [-0.05, 0) is 47.3 Å². The Kier molecular flexibility index (Phi) is 6.04. The first-order chi connectivity index (χ1) is 13.8. The molecule has 1 unspecified atom stereocenters. The molecule has 5 heteroatoms. The summed E-state index contributed by atoms with van der Waals surface area (Å²) in [6.07, 6.45) is 3.09. The lowest BCUT2D eigenvalue weighted by Crippen LogP contribution is -2.38. The number of para-hydroxylation sites is 1. The molecule has 2 aromatic heterocycles. The van der Waals surface area contributed by atoms with E-state index in [9.17, 15) is 0 Å². The van der Waals surface area contributed by atoms with Crippen molar-refractivity contribution in [3.8, 4) is 0 Å². The van der Waals surface area contributed by atoms with E-state index >= 15 is 0 Å². The topological polar surface area (TPSA) is 39.8 Å². The van der Waals surface area contributed by atoms with E-state index in [4.69, 9.17) is 12.2 Å². The zero-order chi connectivity index (χ0) is 19.2. The second-order valence-electron chi connectivity index (χ2n) is 6.73. The van der Waals surface area contributed by atoms with Gasteiger partial charge in [0, 0.05) is 41.0 Å². The fourth-order valence-electron chi connectivity index (χ4n) is 3.46. The summed E-state index contributed by atoms with van der Waals surface area (Å²) in [6.45, 7) is 1.59. The van der Waals surface area contributed by atoms with Crippen LogP contribution >= 0.6 is 23.6 Å². The molecule has 142 valence electrons. The smallest absolute Gasteiger partial charge is 0.166 e. The lowest BCUT2D eigenvalue weighted by Gasteiger charge is -2.18. The third-order valence-electron chi connectivity index (χ3n) is 4.89. The molecule has 28 heavy (non-hydrogen) atoms. The zero-order valence-corrected chi connectivity index (χ0v) is 17.2. The Hall–Kier alpha value is -2.63. The molecular formula is C23H23N3S2. The zero-order valence-electron chi connectivity index (χ0n) is 15.5. The van der Waals surface area contributed by atoms with Crippen LogP contribution in [0.3, 0.4) is 0 Å². The number of aromatic amines is 1. The lowest BCUT2D eigenvalue weighted by molar-refractivity contribution is 0.749. The first-order valence-electron chi connectivity index (χ1n) is 9.46. The highest BCUT2D eigenvalue weighted by atomic mass is 32.1. The van der Waals surface area contributed by atoms with Gasteiger partial charge in [-0.25, -0.2) is 0 Å². The maximum Gasteiger partial charge on any atom is 0.166 e. The van der Waals surface area contributed by atoms with Crippen molar-refractivity contribution in [1.82, 2.24) is 15.6 Å². The Labute approximate surface area is 174 Å². The molecule has 0 bridgehead atoms. The van der Waals surface area contributed by atoms with Gasteiger partial charge in [0.2, 0.25) is 0 Å². The molecule has 0 radical (unpaired) electrons. The highest BCUT2D eigenvalue weighted by Crippen LogP contribution is 2.32. The highest BCUT2D eigenvalue weighted by molar-refractivity contribution is 7.80. The molecule has 0 saturated carbocycles. The molecule has 0 amide bonds. The van der Waals surface area contributed by atoms with Gasteiger partial charge >= 0.3 is 0 Å². The number of rotatable bonds is 7. The number of fused-ring (bicyclic) bond motifs is 1. The van der Waals surface area contributed by atoms with Crippen LogP contribution in [-0.2, 0) is 6.42 Å². The molecule has 0 aliphatic rings. The first kappa shape index (κ1) is 18.7. The van der Waals surface area contributed by atoms with Gasteiger partial charge in [-0.2, -0.15) is 0 Å². The molecule has 3 N–H and O–H groups in total. The van der Waals surface area contributed by atoms with Crippen LogP contribution in [0.4, 0.5) is 0 Å². The SMILES string of the molecule is S=C(NCCc1ccccc1)NCC(c1cccs1)c1c[nH]c2ccccc12. The monoisotopic (exact) mass is 405 g/mol. The third-order valence-corrected chi connectivity index (χ3v) is 6.17. The number of hydrogen-bond donors (Lipinski definition) is 3. The van der Waals surface area contributed by atoms with Gasteiger partial charge in [0.05, 0.1) is 0 Å². The van der Waals surface area contributed by atoms with E-state index in [2.05, 4.69) is 87.9 Å². The van der Waals surface area contributed by atoms with Gasteiger partial charge in [-0.15, -0.1) is 11.3 Å². The van der Waals surface area contributed by atoms with E-state index in [0.29, 0.717) is 5.11 Å². The summed E-state index contributed by atoms with van der Waals surface area (Å²) in [4.78, 5) is 4.74.